The van der Waals surface area contributed by atoms with Crippen LogP contribution in [-0.2, 0) is 0 Å². The van der Waals surface area contributed by atoms with Gasteiger partial charge in [0.05, 0.1) is 12.2 Å². The summed E-state index contributed by atoms with van der Waals surface area (Å²) in [5.41, 5.74) is 7.08. The maximum Gasteiger partial charge on any atom is 0.259 e. The molecule has 0 aromatic heterocycles. The Kier molecular flexibility index (Phi) is 7.06. The fraction of sp³-hybridized carbons (Fsp3) is 0.0952. The van der Waals surface area contributed by atoms with Gasteiger partial charge in [0.15, 0.2) is 0 Å². The number of nitrogens with two attached hydrogens (primary N) is 1. The van der Waals surface area contributed by atoms with Crippen molar-refractivity contribution >= 4 is 17.3 Å². The highest BCUT2D eigenvalue weighted by atomic mass is 16.5. The van der Waals surface area contributed by atoms with E-state index in [1.54, 1.807) is 24.3 Å². The Hall–Kier alpha value is -3.47. The molecule has 0 bridgehead atoms. The molecule has 3 rings (SSSR count). The summed E-state index contributed by atoms with van der Waals surface area (Å²) >= 11 is 0. The van der Waals surface area contributed by atoms with Gasteiger partial charge in [-0.3, -0.25) is 4.79 Å². The van der Waals surface area contributed by atoms with E-state index >= 15 is 0 Å². The van der Waals surface area contributed by atoms with Gasteiger partial charge in [-0.05, 0) is 43.3 Å². The summed E-state index contributed by atoms with van der Waals surface area (Å²) in [6.07, 6.45) is 0. The normalized spacial score (nSPS) is 9.58. The molecule has 0 aliphatic carbocycles. The maximum atomic E-state index is 12.0. The molecule has 5 nitrogen and oxygen atoms in total. The summed E-state index contributed by atoms with van der Waals surface area (Å²) in [4.78, 5) is 12.0. The van der Waals surface area contributed by atoms with Crippen LogP contribution in [0.2, 0.25) is 0 Å². The van der Waals surface area contributed by atoms with Crippen molar-refractivity contribution in [3.05, 3.63) is 84.4 Å². The lowest BCUT2D eigenvalue weighted by atomic mass is 10.1. The lowest BCUT2D eigenvalue weighted by Crippen LogP contribution is -2.12. The average molecular weight is 350 g/mol. The number of carbonyl (C=O) groups is 1. The van der Waals surface area contributed by atoms with Crippen LogP contribution in [0.15, 0.2) is 78.9 Å². The van der Waals surface area contributed by atoms with Gasteiger partial charge in [-0.25, -0.2) is 0 Å². The van der Waals surface area contributed by atoms with Crippen molar-refractivity contribution < 1.29 is 14.6 Å². The zero-order valence-corrected chi connectivity index (χ0v) is 14.6. The van der Waals surface area contributed by atoms with Crippen LogP contribution in [0.4, 0.5) is 11.4 Å². The molecule has 134 valence electrons. The second kappa shape index (κ2) is 9.74. The van der Waals surface area contributed by atoms with E-state index in [0.717, 1.165) is 5.69 Å². The summed E-state index contributed by atoms with van der Waals surface area (Å²) in [6.45, 7) is 2.36. The molecule has 0 aliphatic heterocycles. The number of nitrogen functional groups attached to an aromatic ring is 1. The number of amides is 1. The number of anilines is 2. The number of aromatic hydroxyl groups is 1. The van der Waals surface area contributed by atoms with Crippen molar-refractivity contribution in [1.29, 1.82) is 0 Å². The average Bonchev–Trinajstić information content (AvgIpc) is 2.64. The Morgan fingerprint density at radius 3 is 2.12 bits per heavy atom. The van der Waals surface area contributed by atoms with Crippen molar-refractivity contribution in [2.75, 3.05) is 17.7 Å². The first kappa shape index (κ1) is 18.9. The highest BCUT2D eigenvalue weighted by Gasteiger charge is 2.12. The van der Waals surface area contributed by atoms with Crippen LogP contribution >= 0.6 is 0 Å². The molecule has 0 atom stereocenters. The first-order chi connectivity index (χ1) is 12.6. The summed E-state index contributed by atoms with van der Waals surface area (Å²) in [6, 6.07) is 23.2. The van der Waals surface area contributed by atoms with E-state index < -0.39 is 0 Å². The second-order valence-corrected chi connectivity index (χ2v) is 5.34. The molecule has 0 aliphatic rings. The minimum atomic E-state index is -0.355. The largest absolute Gasteiger partial charge is 0.507 e. The molecule has 3 aromatic carbocycles. The first-order valence-electron chi connectivity index (χ1n) is 8.23. The number of benzene rings is 3. The Bertz CT molecular complexity index is 821. The van der Waals surface area contributed by atoms with Gasteiger partial charge in [0, 0.05) is 17.4 Å². The van der Waals surface area contributed by atoms with Gasteiger partial charge in [0.1, 0.15) is 11.5 Å². The molecular formula is C21H22N2O3. The third-order valence-corrected chi connectivity index (χ3v) is 3.36. The fourth-order valence-electron chi connectivity index (χ4n) is 2.13. The van der Waals surface area contributed by atoms with Crippen LogP contribution in [0.3, 0.4) is 0 Å². The minimum Gasteiger partial charge on any atom is -0.507 e. The van der Waals surface area contributed by atoms with E-state index in [-0.39, 0.29) is 17.2 Å². The van der Waals surface area contributed by atoms with Crippen LogP contribution in [0.25, 0.3) is 0 Å². The zero-order chi connectivity index (χ0) is 18.8. The van der Waals surface area contributed by atoms with Gasteiger partial charge in [0.25, 0.3) is 5.91 Å². The summed E-state index contributed by atoms with van der Waals surface area (Å²) in [5.74, 6) is 0.0855. The van der Waals surface area contributed by atoms with Crippen molar-refractivity contribution in [2.24, 2.45) is 0 Å². The monoisotopic (exact) mass is 350 g/mol. The lowest BCUT2D eigenvalue weighted by Gasteiger charge is -2.08. The van der Waals surface area contributed by atoms with Crippen LogP contribution in [0, 0.1) is 0 Å². The van der Waals surface area contributed by atoms with Crippen molar-refractivity contribution in [2.45, 2.75) is 6.92 Å². The summed E-state index contributed by atoms with van der Waals surface area (Å²) < 4.78 is 5.25. The highest BCUT2D eigenvalue weighted by Crippen LogP contribution is 2.24. The molecule has 0 saturated carbocycles. The van der Waals surface area contributed by atoms with E-state index in [1.165, 1.54) is 6.07 Å². The molecule has 1 amide bonds. The quantitative estimate of drug-likeness (QED) is 0.612. The Morgan fingerprint density at radius 1 is 1.00 bits per heavy atom. The lowest BCUT2D eigenvalue weighted by molar-refractivity contribution is 0.102. The molecule has 4 N–H and O–H groups in total. The molecule has 0 spiro atoms. The van der Waals surface area contributed by atoms with Crippen LogP contribution in [0.1, 0.15) is 17.3 Å². The van der Waals surface area contributed by atoms with E-state index in [4.69, 9.17) is 10.5 Å². The fourth-order valence-corrected chi connectivity index (χ4v) is 2.13. The Balaban J connectivity index is 0.000000290. The molecule has 0 unspecified atom stereocenters. The Labute approximate surface area is 153 Å². The number of phenolic OH excluding ortho intramolecular Hbond substituents is 1. The molecule has 5 heteroatoms. The predicted octanol–water partition coefficient (Wildman–Crippen LogP) is 4.31. The second-order valence-electron chi connectivity index (χ2n) is 5.34. The molecule has 26 heavy (non-hydrogen) atoms. The number of hydrogen-bond donors (Lipinski definition) is 3. The minimum absolute atomic E-state index is 0.0978. The standard InChI is InChI=1S/C15H15NO3.C6H7N/c1-2-19-12-8-9-13(14(17)10-12)15(18)16-11-6-4-3-5-7-11;7-6-4-2-1-3-5-6/h3-10,17H,2H2,1H3,(H,16,18);1-5H,7H2. The van der Waals surface area contributed by atoms with Crippen LogP contribution in [-0.4, -0.2) is 17.6 Å². The number of phenols is 1. The Morgan fingerprint density at radius 2 is 1.62 bits per heavy atom. The van der Waals surface area contributed by atoms with Gasteiger partial charge in [-0.15, -0.1) is 0 Å². The third kappa shape index (κ3) is 5.87. The van der Waals surface area contributed by atoms with E-state index in [1.807, 2.05) is 55.5 Å². The van der Waals surface area contributed by atoms with Gasteiger partial charge in [0.2, 0.25) is 0 Å². The number of carbonyl (C=O) groups excluding carboxylic acids is 1. The zero-order valence-electron chi connectivity index (χ0n) is 14.6. The van der Waals surface area contributed by atoms with Gasteiger partial charge in [-0.1, -0.05) is 36.4 Å². The van der Waals surface area contributed by atoms with E-state index in [9.17, 15) is 9.90 Å². The number of ether oxygens (including phenoxy) is 1. The van der Waals surface area contributed by atoms with Gasteiger partial charge >= 0.3 is 0 Å². The van der Waals surface area contributed by atoms with Gasteiger partial charge in [-0.2, -0.15) is 0 Å². The third-order valence-electron chi connectivity index (χ3n) is 3.36. The number of nitrogens with one attached hydrogen (secondary N) is 1. The van der Waals surface area contributed by atoms with Crippen molar-refractivity contribution in [3.8, 4) is 11.5 Å². The van der Waals surface area contributed by atoms with Gasteiger partial charge < -0.3 is 20.9 Å². The van der Waals surface area contributed by atoms with Crippen molar-refractivity contribution in [3.63, 3.8) is 0 Å². The molecule has 0 heterocycles. The topological polar surface area (TPSA) is 84.6 Å². The molecule has 3 aromatic rings. The van der Waals surface area contributed by atoms with Crippen molar-refractivity contribution in [1.82, 2.24) is 0 Å². The van der Waals surface area contributed by atoms with E-state index in [2.05, 4.69) is 5.32 Å². The summed E-state index contributed by atoms with van der Waals surface area (Å²) in [5, 5.41) is 12.5. The maximum absolute atomic E-state index is 12.0. The predicted molar refractivity (Wildman–Crippen MR) is 105 cm³/mol. The van der Waals surface area contributed by atoms with Crippen LogP contribution in [0.5, 0.6) is 11.5 Å². The molecule has 0 fully saturated rings. The highest BCUT2D eigenvalue weighted by molar-refractivity contribution is 6.06. The summed E-state index contributed by atoms with van der Waals surface area (Å²) in [7, 11) is 0. The molecular weight excluding hydrogens is 328 g/mol. The first-order valence-corrected chi connectivity index (χ1v) is 8.23. The number of hydrogen-bond acceptors (Lipinski definition) is 4. The number of para-hydroxylation sites is 2. The van der Waals surface area contributed by atoms with Crippen LogP contribution < -0.4 is 15.8 Å². The smallest absolute Gasteiger partial charge is 0.259 e. The molecule has 0 radical (unpaired) electrons. The molecule has 0 saturated heterocycles. The SMILES string of the molecule is CCOc1ccc(C(=O)Nc2ccccc2)c(O)c1.Nc1ccccc1. The number of rotatable bonds is 4. The van der Waals surface area contributed by atoms with E-state index in [0.29, 0.717) is 18.0 Å².